The molecule has 1 aliphatic heterocycles. The molecule has 4 nitrogen and oxygen atoms in total. The van der Waals surface area contributed by atoms with Crippen molar-refractivity contribution in [2.45, 2.75) is 51.3 Å². The molecule has 168 valence electrons. The molecule has 0 unspecified atom stereocenters. The predicted octanol–water partition coefficient (Wildman–Crippen LogP) is 5.69. The number of aromatic nitrogens is 2. The summed E-state index contributed by atoms with van der Waals surface area (Å²) in [5.74, 6) is -3.88. The Labute approximate surface area is 185 Å². The monoisotopic (exact) mass is 505 g/mol. The van der Waals surface area contributed by atoms with Gasteiger partial charge >= 0.3 is 6.18 Å². The predicted molar refractivity (Wildman–Crippen MR) is 108 cm³/mol. The van der Waals surface area contributed by atoms with E-state index in [9.17, 15) is 26.7 Å². The van der Waals surface area contributed by atoms with E-state index in [0.29, 0.717) is 22.4 Å². The lowest BCUT2D eigenvalue weighted by Gasteiger charge is -2.43. The fourth-order valence-electron chi connectivity index (χ4n) is 3.87. The van der Waals surface area contributed by atoms with Gasteiger partial charge in [0.25, 0.3) is 11.8 Å². The van der Waals surface area contributed by atoms with E-state index in [2.05, 4.69) is 25.9 Å². The van der Waals surface area contributed by atoms with Crippen LogP contribution in [0.5, 0.6) is 0 Å². The molecule has 1 aliphatic rings. The number of aryl methyl sites for hydroxylation is 2. The molecule has 10 heteroatoms. The summed E-state index contributed by atoms with van der Waals surface area (Å²) in [7, 11) is 0. The third-order valence-corrected chi connectivity index (χ3v) is 6.08. The van der Waals surface area contributed by atoms with Gasteiger partial charge in [0.05, 0.1) is 17.7 Å². The highest BCUT2D eigenvalue weighted by atomic mass is 79.9. The molecule has 0 spiro atoms. The van der Waals surface area contributed by atoms with Crippen molar-refractivity contribution in [2.75, 3.05) is 6.54 Å². The zero-order chi connectivity index (χ0) is 23.0. The van der Waals surface area contributed by atoms with E-state index in [-0.39, 0.29) is 25.1 Å². The Hall–Kier alpha value is -2.10. The Balaban J connectivity index is 1.82. The number of carbonyl (C=O) groups excluding carboxylic acids is 1. The first-order chi connectivity index (χ1) is 14.4. The van der Waals surface area contributed by atoms with Crippen LogP contribution in [-0.2, 0) is 12.6 Å². The van der Waals surface area contributed by atoms with Crippen LogP contribution in [0.2, 0.25) is 0 Å². The average molecular weight is 506 g/mol. The van der Waals surface area contributed by atoms with Crippen molar-refractivity contribution in [3.63, 3.8) is 0 Å². The molecule has 1 aromatic carbocycles. The molecule has 1 amide bonds. The first-order valence-corrected chi connectivity index (χ1v) is 10.5. The number of carbonyl (C=O) groups is 1. The molecular formula is C21H21BrF5N3O. The van der Waals surface area contributed by atoms with Crippen molar-refractivity contribution in [1.82, 2.24) is 14.9 Å². The Bertz CT molecular complexity index is 949. The van der Waals surface area contributed by atoms with Crippen LogP contribution in [0, 0.1) is 12.8 Å². The van der Waals surface area contributed by atoms with Crippen molar-refractivity contribution < 1.29 is 26.7 Å². The van der Waals surface area contributed by atoms with Crippen molar-refractivity contribution in [3.8, 4) is 0 Å². The highest BCUT2D eigenvalue weighted by Crippen LogP contribution is 2.37. The van der Waals surface area contributed by atoms with Crippen molar-refractivity contribution in [1.29, 1.82) is 0 Å². The normalized spacial score (nSPS) is 21.2. The summed E-state index contributed by atoms with van der Waals surface area (Å²) in [5.41, 5.74) is 0.154. The molecule has 1 saturated heterocycles. The zero-order valence-electron chi connectivity index (χ0n) is 16.9. The minimum atomic E-state index is -4.54. The highest BCUT2D eigenvalue weighted by Gasteiger charge is 2.46. The number of benzene rings is 1. The number of amides is 1. The number of piperidine rings is 1. The van der Waals surface area contributed by atoms with E-state index in [4.69, 9.17) is 0 Å². The van der Waals surface area contributed by atoms with E-state index < -0.39 is 42.1 Å². The smallest absolute Gasteiger partial charge is 0.329 e. The van der Waals surface area contributed by atoms with Crippen molar-refractivity contribution in [2.24, 2.45) is 5.92 Å². The molecule has 0 saturated carbocycles. The number of hydrogen-bond donors (Lipinski definition) is 0. The Morgan fingerprint density at radius 3 is 2.52 bits per heavy atom. The van der Waals surface area contributed by atoms with Gasteiger partial charge < -0.3 is 4.90 Å². The maximum atomic E-state index is 14.3. The quantitative estimate of drug-likeness (QED) is 0.501. The molecule has 31 heavy (non-hydrogen) atoms. The summed E-state index contributed by atoms with van der Waals surface area (Å²) in [6, 6.07) is 4.61. The molecular weight excluding hydrogens is 485 g/mol. The molecule has 0 N–H and O–H groups in total. The van der Waals surface area contributed by atoms with Gasteiger partial charge in [-0.15, -0.1) is 0 Å². The lowest BCUT2D eigenvalue weighted by molar-refractivity contribution is -0.138. The Morgan fingerprint density at radius 2 is 1.90 bits per heavy atom. The number of likely N-dealkylation sites (tertiary alicyclic amines) is 1. The first-order valence-electron chi connectivity index (χ1n) is 9.70. The number of nitrogens with zero attached hydrogens (tertiary/aromatic N) is 3. The van der Waals surface area contributed by atoms with Crippen LogP contribution < -0.4 is 0 Å². The third kappa shape index (κ3) is 5.58. The van der Waals surface area contributed by atoms with E-state index in [0.717, 1.165) is 5.56 Å². The third-order valence-electron chi connectivity index (χ3n) is 5.39. The molecule has 2 atom stereocenters. The number of rotatable bonds is 4. The molecule has 3 rings (SSSR count). The van der Waals surface area contributed by atoms with Crippen LogP contribution in [-0.4, -0.2) is 39.3 Å². The van der Waals surface area contributed by atoms with Gasteiger partial charge in [0.15, 0.2) is 0 Å². The van der Waals surface area contributed by atoms with E-state index in [1.165, 1.54) is 4.90 Å². The van der Waals surface area contributed by atoms with Crippen LogP contribution in [0.15, 0.2) is 35.1 Å². The van der Waals surface area contributed by atoms with Crippen LogP contribution in [0.3, 0.4) is 0 Å². The van der Waals surface area contributed by atoms with Crippen LogP contribution in [0.25, 0.3) is 0 Å². The molecule has 1 fully saturated rings. The highest BCUT2D eigenvalue weighted by molar-refractivity contribution is 9.10. The summed E-state index contributed by atoms with van der Waals surface area (Å²) in [6.45, 7) is 2.74. The number of hydrogen-bond acceptors (Lipinski definition) is 3. The second-order valence-corrected chi connectivity index (χ2v) is 8.80. The molecule has 1 aromatic heterocycles. The van der Waals surface area contributed by atoms with Gasteiger partial charge in [0.2, 0.25) is 0 Å². The van der Waals surface area contributed by atoms with Gasteiger partial charge in [-0.1, -0.05) is 18.6 Å². The maximum Gasteiger partial charge on any atom is 0.419 e. The van der Waals surface area contributed by atoms with Gasteiger partial charge in [-0.3, -0.25) is 4.79 Å². The fraction of sp³-hybridized carbons (Fsp3) is 0.476. The van der Waals surface area contributed by atoms with Gasteiger partial charge in [0.1, 0.15) is 5.82 Å². The van der Waals surface area contributed by atoms with Gasteiger partial charge in [-0.2, -0.15) is 13.2 Å². The molecule has 2 aromatic rings. The Kier molecular flexibility index (Phi) is 6.69. The Morgan fingerprint density at radius 1 is 1.26 bits per heavy atom. The standard InChI is InChI=1S/C21H21BrF5N3O/c1-12-3-4-16(22)15(7-12)19(31)30-11-20(23,24)8-13(2)17(30)5-6-18-28-9-14(10-29-18)21(25,26)27/h3-4,7,9-10,13,17H,5-6,8,11H2,1-2H3/t13-,17-/m1/s1. The lowest BCUT2D eigenvalue weighted by Crippen LogP contribution is -2.55. The minimum absolute atomic E-state index is 0.164. The molecule has 2 heterocycles. The molecule has 0 aliphatic carbocycles. The van der Waals surface area contributed by atoms with E-state index in [1.807, 2.05) is 0 Å². The van der Waals surface area contributed by atoms with Gasteiger partial charge in [-0.05, 0) is 47.3 Å². The topological polar surface area (TPSA) is 46.1 Å². The molecule has 0 bridgehead atoms. The van der Waals surface area contributed by atoms with Crippen LogP contribution in [0.4, 0.5) is 22.0 Å². The summed E-state index contributed by atoms with van der Waals surface area (Å²) < 4.78 is 67.2. The summed E-state index contributed by atoms with van der Waals surface area (Å²) in [5, 5.41) is 0. The fourth-order valence-corrected chi connectivity index (χ4v) is 4.29. The van der Waals surface area contributed by atoms with Crippen LogP contribution in [0.1, 0.15) is 47.1 Å². The SMILES string of the molecule is Cc1ccc(Br)c(C(=O)N2CC(F)(F)C[C@@H](C)[C@H]2CCc2ncc(C(F)(F)F)cn2)c1. The van der Waals surface area contributed by atoms with E-state index >= 15 is 0 Å². The van der Waals surface area contributed by atoms with Gasteiger partial charge in [-0.25, -0.2) is 18.7 Å². The lowest BCUT2D eigenvalue weighted by atomic mass is 9.85. The maximum absolute atomic E-state index is 14.3. The molecule has 0 radical (unpaired) electrons. The summed E-state index contributed by atoms with van der Waals surface area (Å²) >= 11 is 3.31. The first kappa shape index (κ1) is 23.6. The minimum Gasteiger partial charge on any atom is -0.329 e. The van der Waals surface area contributed by atoms with Gasteiger partial charge in [0, 0.05) is 35.7 Å². The second kappa shape index (κ2) is 8.80. The summed E-state index contributed by atoms with van der Waals surface area (Å²) in [4.78, 5) is 21.9. The van der Waals surface area contributed by atoms with E-state index in [1.54, 1.807) is 32.0 Å². The zero-order valence-corrected chi connectivity index (χ0v) is 18.5. The second-order valence-electron chi connectivity index (χ2n) is 7.95. The number of alkyl halides is 5. The van der Waals surface area contributed by atoms with Crippen molar-refractivity contribution in [3.05, 3.63) is 57.6 Å². The van der Waals surface area contributed by atoms with Crippen LogP contribution >= 0.6 is 15.9 Å². The van der Waals surface area contributed by atoms with Crippen molar-refractivity contribution >= 4 is 21.8 Å². The largest absolute Gasteiger partial charge is 0.419 e. The number of halogens is 6. The summed E-state index contributed by atoms with van der Waals surface area (Å²) in [6.07, 6.45) is -3.08. The average Bonchev–Trinajstić information content (AvgIpc) is 2.67.